The van der Waals surface area contributed by atoms with Crippen LogP contribution < -0.4 is 0 Å². The standard InChI is InChI=1S/C15H19NO5/c1-9-7-21-12(6-13(17)18)14(9)15(19)16-4-5-20-8-11(16)10-2-3-10/h7,10-11H,2-6,8H2,1H3,(H,17,18). The quantitative estimate of drug-likeness (QED) is 0.909. The number of ether oxygens (including phenoxy) is 1. The summed E-state index contributed by atoms with van der Waals surface area (Å²) in [5, 5.41) is 8.94. The van der Waals surface area contributed by atoms with Gasteiger partial charge in [0.2, 0.25) is 0 Å². The number of amides is 1. The number of carbonyl (C=O) groups excluding carboxylic acids is 1. The lowest BCUT2D eigenvalue weighted by molar-refractivity contribution is -0.136. The number of carboxylic acid groups (broad SMARTS) is 1. The van der Waals surface area contributed by atoms with Gasteiger partial charge in [0, 0.05) is 12.1 Å². The Labute approximate surface area is 122 Å². The molecule has 1 unspecified atom stereocenters. The molecule has 2 fully saturated rings. The van der Waals surface area contributed by atoms with Crippen LogP contribution in [0.1, 0.15) is 34.5 Å². The van der Waals surface area contributed by atoms with Crippen LogP contribution in [0, 0.1) is 12.8 Å². The fourth-order valence-corrected chi connectivity index (χ4v) is 2.94. The molecule has 1 saturated carbocycles. The van der Waals surface area contributed by atoms with E-state index < -0.39 is 5.97 Å². The predicted molar refractivity (Wildman–Crippen MR) is 73.2 cm³/mol. The Bertz CT molecular complexity index is 560. The van der Waals surface area contributed by atoms with Crippen molar-refractivity contribution >= 4 is 11.9 Å². The van der Waals surface area contributed by atoms with Gasteiger partial charge in [0.25, 0.3) is 5.91 Å². The first-order valence-corrected chi connectivity index (χ1v) is 7.25. The Morgan fingerprint density at radius 1 is 1.43 bits per heavy atom. The second-order valence-corrected chi connectivity index (χ2v) is 5.77. The molecule has 6 nitrogen and oxygen atoms in total. The zero-order valence-electron chi connectivity index (χ0n) is 12.0. The average molecular weight is 293 g/mol. The van der Waals surface area contributed by atoms with Gasteiger partial charge in [-0.25, -0.2) is 0 Å². The lowest BCUT2D eigenvalue weighted by atomic mass is 10.0. The van der Waals surface area contributed by atoms with Crippen LogP contribution in [0.5, 0.6) is 0 Å². The predicted octanol–water partition coefficient (Wildman–Crippen LogP) is 1.47. The van der Waals surface area contributed by atoms with Crippen LogP contribution in [-0.4, -0.2) is 47.7 Å². The Kier molecular flexibility index (Phi) is 3.71. The van der Waals surface area contributed by atoms with E-state index in [1.54, 1.807) is 6.92 Å². The van der Waals surface area contributed by atoms with Crippen molar-refractivity contribution in [3.63, 3.8) is 0 Å². The first kappa shape index (κ1) is 14.1. The highest BCUT2D eigenvalue weighted by atomic mass is 16.5. The molecule has 1 aliphatic carbocycles. The molecule has 2 aliphatic rings. The van der Waals surface area contributed by atoms with E-state index in [9.17, 15) is 9.59 Å². The third-order valence-electron chi connectivity index (χ3n) is 4.17. The van der Waals surface area contributed by atoms with E-state index in [1.165, 1.54) is 6.26 Å². The van der Waals surface area contributed by atoms with E-state index in [-0.39, 0.29) is 24.1 Å². The smallest absolute Gasteiger partial charge is 0.311 e. The van der Waals surface area contributed by atoms with Gasteiger partial charge in [0.1, 0.15) is 12.2 Å². The molecule has 6 heteroatoms. The molecule has 0 radical (unpaired) electrons. The largest absolute Gasteiger partial charge is 0.481 e. The highest BCUT2D eigenvalue weighted by Gasteiger charge is 2.40. The normalized spacial score (nSPS) is 22.3. The zero-order valence-corrected chi connectivity index (χ0v) is 12.0. The lowest BCUT2D eigenvalue weighted by Gasteiger charge is -2.36. The Balaban J connectivity index is 1.86. The van der Waals surface area contributed by atoms with Gasteiger partial charge in [-0.05, 0) is 25.7 Å². The van der Waals surface area contributed by atoms with Crippen molar-refractivity contribution < 1.29 is 23.8 Å². The molecule has 0 spiro atoms. The number of furan rings is 1. The van der Waals surface area contributed by atoms with Crippen LogP contribution in [0.15, 0.2) is 10.7 Å². The fraction of sp³-hybridized carbons (Fsp3) is 0.600. The van der Waals surface area contributed by atoms with E-state index in [0.717, 1.165) is 12.8 Å². The maximum atomic E-state index is 12.8. The van der Waals surface area contributed by atoms with Crippen LogP contribution in [0.25, 0.3) is 0 Å². The highest BCUT2D eigenvalue weighted by molar-refractivity contribution is 5.97. The van der Waals surface area contributed by atoms with E-state index in [2.05, 4.69) is 0 Å². The molecule has 21 heavy (non-hydrogen) atoms. The Morgan fingerprint density at radius 3 is 2.86 bits per heavy atom. The van der Waals surface area contributed by atoms with Gasteiger partial charge in [-0.3, -0.25) is 9.59 Å². The van der Waals surface area contributed by atoms with Crippen molar-refractivity contribution in [3.8, 4) is 0 Å². The first-order chi connectivity index (χ1) is 10.1. The van der Waals surface area contributed by atoms with Gasteiger partial charge < -0.3 is 19.2 Å². The number of rotatable bonds is 4. The van der Waals surface area contributed by atoms with Crippen molar-refractivity contribution in [2.75, 3.05) is 19.8 Å². The summed E-state index contributed by atoms with van der Waals surface area (Å²) in [6.07, 6.45) is 3.44. The third kappa shape index (κ3) is 2.81. The number of morpholine rings is 1. The zero-order chi connectivity index (χ0) is 15.0. The summed E-state index contributed by atoms with van der Waals surface area (Å²) in [6, 6.07) is 0.109. The SMILES string of the molecule is Cc1coc(CC(=O)O)c1C(=O)N1CCOCC1C1CC1. The molecule has 1 atom stereocenters. The second-order valence-electron chi connectivity index (χ2n) is 5.77. The summed E-state index contributed by atoms with van der Waals surface area (Å²) in [7, 11) is 0. The highest BCUT2D eigenvalue weighted by Crippen LogP contribution is 2.37. The summed E-state index contributed by atoms with van der Waals surface area (Å²) >= 11 is 0. The minimum absolute atomic E-state index is 0.109. The van der Waals surface area contributed by atoms with E-state index >= 15 is 0 Å². The van der Waals surface area contributed by atoms with Crippen LogP contribution in [-0.2, 0) is 16.0 Å². The van der Waals surface area contributed by atoms with Gasteiger partial charge in [-0.1, -0.05) is 0 Å². The number of aryl methyl sites for hydroxylation is 1. The van der Waals surface area contributed by atoms with Gasteiger partial charge in [0.05, 0.1) is 31.1 Å². The average Bonchev–Trinajstić information content (AvgIpc) is 3.23. The third-order valence-corrected chi connectivity index (χ3v) is 4.17. The van der Waals surface area contributed by atoms with Crippen molar-refractivity contribution in [1.29, 1.82) is 0 Å². The van der Waals surface area contributed by atoms with Crippen molar-refractivity contribution in [2.45, 2.75) is 32.2 Å². The summed E-state index contributed by atoms with van der Waals surface area (Å²) in [6.45, 7) is 3.42. The van der Waals surface area contributed by atoms with Crippen molar-refractivity contribution in [2.24, 2.45) is 5.92 Å². The topological polar surface area (TPSA) is 80.0 Å². The molecule has 1 aliphatic heterocycles. The van der Waals surface area contributed by atoms with E-state index in [4.69, 9.17) is 14.3 Å². The van der Waals surface area contributed by atoms with Gasteiger partial charge in [-0.2, -0.15) is 0 Å². The molecule has 0 aromatic carbocycles. The van der Waals surface area contributed by atoms with Crippen LogP contribution in [0.2, 0.25) is 0 Å². The number of nitrogens with zero attached hydrogens (tertiary/aromatic N) is 1. The van der Waals surface area contributed by atoms with Crippen molar-refractivity contribution in [3.05, 3.63) is 23.2 Å². The molecule has 1 aromatic rings. The van der Waals surface area contributed by atoms with E-state index in [1.807, 2.05) is 4.90 Å². The van der Waals surface area contributed by atoms with Gasteiger partial charge in [-0.15, -0.1) is 0 Å². The summed E-state index contributed by atoms with van der Waals surface area (Å²) in [4.78, 5) is 25.6. The number of hydrogen-bond acceptors (Lipinski definition) is 4. The number of carbonyl (C=O) groups is 2. The molecule has 1 saturated heterocycles. The van der Waals surface area contributed by atoms with Crippen LogP contribution >= 0.6 is 0 Å². The summed E-state index contributed by atoms with van der Waals surface area (Å²) < 4.78 is 10.8. The molecule has 0 bridgehead atoms. The Morgan fingerprint density at radius 2 is 2.19 bits per heavy atom. The molecule has 1 N–H and O–H groups in total. The number of aliphatic carboxylic acids is 1. The maximum Gasteiger partial charge on any atom is 0.311 e. The number of hydrogen-bond donors (Lipinski definition) is 1. The molecular weight excluding hydrogens is 274 g/mol. The van der Waals surface area contributed by atoms with Crippen LogP contribution in [0.4, 0.5) is 0 Å². The van der Waals surface area contributed by atoms with Crippen molar-refractivity contribution in [1.82, 2.24) is 4.90 Å². The van der Waals surface area contributed by atoms with E-state index in [0.29, 0.717) is 36.8 Å². The molecule has 3 rings (SSSR count). The molecule has 2 heterocycles. The summed E-state index contributed by atoms with van der Waals surface area (Å²) in [5.74, 6) is -0.368. The second kappa shape index (κ2) is 5.52. The lowest BCUT2D eigenvalue weighted by Crippen LogP contribution is -2.50. The van der Waals surface area contributed by atoms with Gasteiger partial charge in [0.15, 0.2) is 0 Å². The summed E-state index contributed by atoms with van der Waals surface area (Å²) in [5.41, 5.74) is 1.10. The van der Waals surface area contributed by atoms with Crippen LogP contribution in [0.3, 0.4) is 0 Å². The first-order valence-electron chi connectivity index (χ1n) is 7.25. The fourth-order valence-electron chi connectivity index (χ4n) is 2.94. The molecule has 114 valence electrons. The van der Waals surface area contributed by atoms with Gasteiger partial charge >= 0.3 is 5.97 Å². The maximum absolute atomic E-state index is 12.8. The number of carboxylic acids is 1. The molecular formula is C15H19NO5. The minimum atomic E-state index is -1.00. The Hall–Kier alpha value is -1.82. The molecule has 1 aromatic heterocycles. The molecule has 1 amide bonds. The monoisotopic (exact) mass is 293 g/mol. The minimum Gasteiger partial charge on any atom is -0.481 e.